The van der Waals surface area contributed by atoms with E-state index in [-0.39, 0.29) is 9.50 Å². The predicted octanol–water partition coefficient (Wildman–Crippen LogP) is 2.94. The maximum Gasteiger partial charge on any atom is 0.339 e. The fraction of sp³-hybridized carbons (Fsp3) is 0. The number of aromatic carboxylic acids is 1. The highest BCUT2D eigenvalue weighted by molar-refractivity contribution is 9.10. The summed E-state index contributed by atoms with van der Waals surface area (Å²) < 4.78 is 12.9. The third-order valence-electron chi connectivity index (χ3n) is 1.26. The van der Waals surface area contributed by atoms with E-state index in [4.69, 9.17) is 16.7 Å². The van der Waals surface area contributed by atoms with Crippen molar-refractivity contribution in [2.75, 3.05) is 0 Å². The minimum absolute atomic E-state index is 0.0664. The number of hydrogen-bond acceptors (Lipinski definition) is 1. The quantitative estimate of drug-likeness (QED) is 0.781. The van der Waals surface area contributed by atoms with Gasteiger partial charge in [-0.05, 0) is 28.1 Å². The SMILES string of the molecule is O=C(O)c1c(F)ccc(Cl)c1Br. The Bertz CT molecular complexity index is 340. The molecule has 0 bridgehead atoms. The van der Waals surface area contributed by atoms with Gasteiger partial charge < -0.3 is 5.11 Å². The van der Waals surface area contributed by atoms with E-state index in [1.165, 1.54) is 6.07 Å². The molecule has 1 aromatic rings. The molecule has 0 aliphatic rings. The van der Waals surface area contributed by atoms with Crippen molar-refractivity contribution in [3.8, 4) is 0 Å². The van der Waals surface area contributed by atoms with Crippen LogP contribution in [0.3, 0.4) is 0 Å². The number of carbonyl (C=O) groups is 1. The molecule has 0 spiro atoms. The fourth-order valence-electron chi connectivity index (χ4n) is 0.723. The Morgan fingerprint density at radius 2 is 2.17 bits per heavy atom. The molecule has 0 unspecified atom stereocenters. The molecular formula is C7H3BrClFO2. The van der Waals surface area contributed by atoms with Gasteiger partial charge in [-0.3, -0.25) is 0 Å². The van der Waals surface area contributed by atoms with Crippen molar-refractivity contribution < 1.29 is 14.3 Å². The van der Waals surface area contributed by atoms with Crippen LogP contribution in [0.1, 0.15) is 10.4 Å². The summed E-state index contributed by atoms with van der Waals surface area (Å²) in [7, 11) is 0. The first-order chi connectivity index (χ1) is 5.54. The zero-order valence-corrected chi connectivity index (χ0v) is 7.99. The van der Waals surface area contributed by atoms with Crippen LogP contribution in [0.15, 0.2) is 16.6 Å². The Balaban J connectivity index is 3.43. The summed E-state index contributed by atoms with van der Waals surface area (Å²) in [5, 5.41) is 8.72. The molecule has 1 rings (SSSR count). The predicted molar refractivity (Wildman–Crippen MR) is 46.1 cm³/mol. The number of halogens is 3. The summed E-state index contributed by atoms with van der Waals surface area (Å²) in [6.07, 6.45) is 0. The van der Waals surface area contributed by atoms with E-state index < -0.39 is 17.3 Å². The highest BCUT2D eigenvalue weighted by atomic mass is 79.9. The molecule has 0 amide bonds. The lowest BCUT2D eigenvalue weighted by Gasteiger charge is -2.01. The van der Waals surface area contributed by atoms with Gasteiger partial charge in [0, 0.05) is 0 Å². The fourth-order valence-corrected chi connectivity index (χ4v) is 1.37. The Morgan fingerprint density at radius 1 is 1.58 bits per heavy atom. The Hall–Kier alpha value is -0.610. The van der Waals surface area contributed by atoms with E-state index in [9.17, 15) is 9.18 Å². The minimum atomic E-state index is -1.35. The van der Waals surface area contributed by atoms with E-state index >= 15 is 0 Å². The summed E-state index contributed by atoms with van der Waals surface area (Å²) in [5.41, 5.74) is -0.442. The summed E-state index contributed by atoms with van der Waals surface area (Å²) in [6, 6.07) is 2.30. The van der Waals surface area contributed by atoms with Gasteiger partial charge in [-0.15, -0.1) is 0 Å². The van der Waals surface area contributed by atoms with Gasteiger partial charge in [0.15, 0.2) is 0 Å². The van der Waals surface area contributed by atoms with Gasteiger partial charge in [-0.2, -0.15) is 0 Å². The summed E-state index contributed by atoms with van der Waals surface area (Å²) in [5.74, 6) is -2.15. The normalized spacial score (nSPS) is 9.92. The van der Waals surface area contributed by atoms with Crippen LogP contribution in [-0.4, -0.2) is 11.1 Å². The molecule has 0 atom stereocenters. The molecule has 0 aliphatic carbocycles. The van der Waals surface area contributed by atoms with Crippen LogP contribution in [0.4, 0.5) is 4.39 Å². The molecule has 64 valence electrons. The molecule has 1 N–H and O–H groups in total. The number of benzene rings is 1. The van der Waals surface area contributed by atoms with Crippen LogP contribution in [0.2, 0.25) is 5.02 Å². The van der Waals surface area contributed by atoms with Gasteiger partial charge in [0.2, 0.25) is 0 Å². The van der Waals surface area contributed by atoms with E-state index in [2.05, 4.69) is 15.9 Å². The summed E-state index contributed by atoms with van der Waals surface area (Å²) >= 11 is 8.43. The number of carboxylic acids is 1. The van der Waals surface area contributed by atoms with Gasteiger partial charge in [-0.25, -0.2) is 9.18 Å². The molecule has 12 heavy (non-hydrogen) atoms. The van der Waals surface area contributed by atoms with Crippen molar-refractivity contribution in [3.05, 3.63) is 33.0 Å². The third-order valence-corrected chi connectivity index (χ3v) is 2.62. The summed E-state index contributed by atoms with van der Waals surface area (Å²) in [4.78, 5) is 10.5. The number of hydrogen-bond donors (Lipinski definition) is 1. The lowest BCUT2D eigenvalue weighted by Crippen LogP contribution is -2.01. The minimum Gasteiger partial charge on any atom is -0.478 e. The van der Waals surface area contributed by atoms with Crippen molar-refractivity contribution >= 4 is 33.5 Å². The molecule has 5 heteroatoms. The van der Waals surface area contributed by atoms with Crippen molar-refractivity contribution in [3.63, 3.8) is 0 Å². The van der Waals surface area contributed by atoms with Gasteiger partial charge in [-0.1, -0.05) is 11.6 Å². The maximum atomic E-state index is 12.8. The van der Waals surface area contributed by atoms with E-state index in [1.54, 1.807) is 0 Å². The Kier molecular flexibility index (Phi) is 2.69. The second-order valence-corrected chi connectivity index (χ2v) is 3.22. The number of carboxylic acid groups (broad SMARTS) is 1. The van der Waals surface area contributed by atoms with Gasteiger partial charge in [0.1, 0.15) is 11.4 Å². The Labute approximate surface area is 81.1 Å². The molecule has 0 aromatic heterocycles. The first-order valence-corrected chi connectivity index (χ1v) is 4.08. The van der Waals surface area contributed by atoms with Crippen molar-refractivity contribution in [2.24, 2.45) is 0 Å². The highest BCUT2D eigenvalue weighted by Gasteiger charge is 2.16. The van der Waals surface area contributed by atoms with Crippen molar-refractivity contribution in [1.29, 1.82) is 0 Å². The van der Waals surface area contributed by atoms with Crippen LogP contribution in [0.25, 0.3) is 0 Å². The van der Waals surface area contributed by atoms with Gasteiger partial charge >= 0.3 is 5.97 Å². The van der Waals surface area contributed by atoms with Crippen molar-refractivity contribution in [2.45, 2.75) is 0 Å². The number of rotatable bonds is 1. The van der Waals surface area contributed by atoms with Crippen LogP contribution in [0, 0.1) is 5.82 Å². The second-order valence-electron chi connectivity index (χ2n) is 2.02. The molecule has 0 fully saturated rings. The first-order valence-electron chi connectivity index (χ1n) is 2.91. The smallest absolute Gasteiger partial charge is 0.339 e. The first kappa shape index (κ1) is 9.48. The third kappa shape index (κ3) is 1.59. The topological polar surface area (TPSA) is 37.3 Å². The van der Waals surface area contributed by atoms with Crippen LogP contribution >= 0.6 is 27.5 Å². The standard InChI is InChI=1S/C7H3BrClFO2/c8-6-3(9)1-2-4(10)5(6)7(11)12/h1-2H,(H,11,12). The molecule has 1 aromatic carbocycles. The Morgan fingerprint density at radius 3 is 2.58 bits per heavy atom. The molecule has 0 saturated carbocycles. The zero-order chi connectivity index (χ0) is 9.30. The zero-order valence-electron chi connectivity index (χ0n) is 5.64. The molecule has 2 nitrogen and oxygen atoms in total. The lowest BCUT2D eigenvalue weighted by molar-refractivity contribution is 0.0691. The lowest BCUT2D eigenvalue weighted by atomic mass is 10.2. The van der Waals surface area contributed by atoms with E-state index in [1.807, 2.05) is 0 Å². The van der Waals surface area contributed by atoms with Crippen LogP contribution in [0.5, 0.6) is 0 Å². The van der Waals surface area contributed by atoms with Crippen molar-refractivity contribution in [1.82, 2.24) is 0 Å². The molecule has 0 heterocycles. The second kappa shape index (κ2) is 3.41. The van der Waals surface area contributed by atoms with Gasteiger partial charge in [0.25, 0.3) is 0 Å². The average molecular weight is 253 g/mol. The van der Waals surface area contributed by atoms with E-state index in [0.29, 0.717) is 0 Å². The molecular weight excluding hydrogens is 250 g/mol. The largest absolute Gasteiger partial charge is 0.478 e. The van der Waals surface area contributed by atoms with E-state index in [0.717, 1.165) is 6.07 Å². The summed E-state index contributed by atoms with van der Waals surface area (Å²) in [6.45, 7) is 0. The molecule has 0 saturated heterocycles. The maximum absolute atomic E-state index is 12.8. The van der Waals surface area contributed by atoms with Crippen LogP contribution in [-0.2, 0) is 0 Å². The monoisotopic (exact) mass is 252 g/mol. The average Bonchev–Trinajstić information content (AvgIpc) is 1.97. The van der Waals surface area contributed by atoms with Crippen LogP contribution < -0.4 is 0 Å². The highest BCUT2D eigenvalue weighted by Crippen LogP contribution is 2.28. The molecule has 0 aliphatic heterocycles. The van der Waals surface area contributed by atoms with Gasteiger partial charge in [0.05, 0.1) is 9.50 Å². The molecule has 0 radical (unpaired) electrons.